The summed E-state index contributed by atoms with van der Waals surface area (Å²) in [4.78, 5) is 5.96. The van der Waals surface area contributed by atoms with E-state index in [1.165, 1.54) is 0 Å². The molecule has 0 saturated heterocycles. The first-order valence-corrected chi connectivity index (χ1v) is 9.33. The second kappa shape index (κ2) is 6.63. The third kappa shape index (κ3) is 4.41. The molecule has 0 aromatic heterocycles. The van der Waals surface area contributed by atoms with Crippen LogP contribution < -0.4 is 18.7 Å². The van der Waals surface area contributed by atoms with Crippen molar-refractivity contribution in [2.75, 3.05) is 21.2 Å². The summed E-state index contributed by atoms with van der Waals surface area (Å²) >= 11 is 0. The van der Waals surface area contributed by atoms with Gasteiger partial charge in [0.1, 0.15) is 10.8 Å². The van der Waals surface area contributed by atoms with E-state index in [-0.39, 0.29) is 0 Å². The average molecular weight is 353 g/mol. The molecule has 21 heavy (non-hydrogen) atoms. The molecule has 0 amide bonds. The summed E-state index contributed by atoms with van der Waals surface area (Å²) in [5, 5.41) is 0.973. The van der Waals surface area contributed by atoms with Crippen molar-refractivity contribution >= 4 is 30.7 Å². The number of ether oxygens (including phenoxy) is 1. The second-order valence-corrected chi connectivity index (χ2v) is 8.14. The fourth-order valence-electron chi connectivity index (χ4n) is 1.46. The monoisotopic (exact) mass is 352 g/mol. The van der Waals surface area contributed by atoms with Gasteiger partial charge in [-0.05, 0) is 38.4 Å². The molecule has 0 saturated carbocycles. The number of rotatable bonds is 4. The number of halogens is 1. The lowest BCUT2D eigenvalue weighted by Gasteiger charge is -2.13. The molecular weight excluding hydrogens is 340 g/mol. The third-order valence-electron chi connectivity index (χ3n) is 2.35. The average Bonchev–Trinajstić information content (AvgIpc) is 2.80. The fourth-order valence-corrected chi connectivity index (χ4v) is 5.85. The van der Waals surface area contributed by atoms with Crippen molar-refractivity contribution in [1.82, 2.24) is 4.90 Å². The molecule has 1 aliphatic heterocycles. The van der Waals surface area contributed by atoms with Gasteiger partial charge in [-0.25, -0.2) is 4.99 Å². The Morgan fingerprint density at radius 1 is 1.19 bits per heavy atom. The minimum absolute atomic E-state index is 0.387. The van der Waals surface area contributed by atoms with Crippen LogP contribution in [0.3, 0.4) is 0 Å². The molecule has 0 N–H and O–H groups in total. The summed E-state index contributed by atoms with van der Waals surface area (Å²) in [6.45, 7) is 0. The number of methoxy groups -OCH3 is 1. The van der Waals surface area contributed by atoms with Crippen LogP contribution >= 0.6 is 20.6 Å². The number of benzene rings is 1. The Balaban J connectivity index is 2.24. The molecule has 0 spiro atoms. The van der Waals surface area contributed by atoms with E-state index in [0.29, 0.717) is 15.9 Å². The SMILES string of the molecule is COc1ccc(C2=NC(N(C)C)=S(O[Cl+3]([O-])([O-])[O-])S2)cc1. The van der Waals surface area contributed by atoms with Crippen molar-refractivity contribution in [1.29, 1.82) is 0 Å². The molecule has 2 rings (SSSR count). The predicted molar refractivity (Wildman–Crippen MR) is 74.5 cm³/mol. The third-order valence-corrected chi connectivity index (χ3v) is 6.66. The largest absolute Gasteiger partial charge is 0.497 e. The number of hydrogen-bond donors (Lipinski definition) is 0. The van der Waals surface area contributed by atoms with E-state index in [1.54, 1.807) is 50.4 Å². The zero-order valence-corrected chi connectivity index (χ0v) is 13.8. The van der Waals surface area contributed by atoms with Crippen LogP contribution in [0.2, 0.25) is 0 Å². The standard InChI is InChI=1S/C11H13ClN2O5S2/c1-14(2)11-13-10(20-21(11)19-12(15,16)17)8-4-6-9(18-3)7-5-8/h4-7H,1-3H3. The minimum Gasteiger partial charge on any atom is -0.497 e. The maximum Gasteiger partial charge on any atom is 0.211 e. The lowest BCUT2D eigenvalue weighted by atomic mass is 10.2. The van der Waals surface area contributed by atoms with Gasteiger partial charge in [-0.2, -0.15) is 14.0 Å². The van der Waals surface area contributed by atoms with Gasteiger partial charge in [0, 0.05) is 16.4 Å². The van der Waals surface area contributed by atoms with Gasteiger partial charge in [0.25, 0.3) is 0 Å². The summed E-state index contributed by atoms with van der Waals surface area (Å²) in [7, 11) is 0.265. The summed E-state index contributed by atoms with van der Waals surface area (Å²) in [5.74, 6) is 0.704. The predicted octanol–water partition coefficient (Wildman–Crippen LogP) is -1.15. The van der Waals surface area contributed by atoms with Crippen molar-refractivity contribution in [3.63, 3.8) is 0 Å². The quantitative estimate of drug-likeness (QED) is 0.498. The van der Waals surface area contributed by atoms with Crippen molar-refractivity contribution < 1.29 is 32.7 Å². The Bertz CT molecular complexity index is 583. The Morgan fingerprint density at radius 3 is 2.29 bits per heavy atom. The number of aliphatic imine (C=N–C) groups is 1. The molecule has 1 aromatic rings. The Morgan fingerprint density at radius 2 is 1.81 bits per heavy atom. The van der Waals surface area contributed by atoms with Crippen LogP contribution in [0.5, 0.6) is 5.75 Å². The van der Waals surface area contributed by atoms with E-state index in [1.807, 2.05) is 0 Å². The van der Waals surface area contributed by atoms with Crippen LogP contribution in [0.15, 0.2) is 29.3 Å². The highest BCUT2D eigenvalue weighted by Crippen LogP contribution is 2.43. The van der Waals surface area contributed by atoms with E-state index >= 15 is 0 Å². The molecule has 0 fully saturated rings. The minimum atomic E-state index is -4.51. The molecule has 1 heterocycles. The Labute approximate surface area is 130 Å². The van der Waals surface area contributed by atoms with Crippen LogP contribution in [0.4, 0.5) is 0 Å². The zero-order chi connectivity index (χ0) is 15.6. The zero-order valence-electron chi connectivity index (χ0n) is 11.4. The Hall–Kier alpha value is -0.650. The molecule has 1 atom stereocenters. The lowest BCUT2D eigenvalue weighted by Crippen LogP contribution is -2.60. The summed E-state index contributed by atoms with van der Waals surface area (Å²) in [6, 6.07) is 7.14. The maximum absolute atomic E-state index is 10.8. The van der Waals surface area contributed by atoms with E-state index in [2.05, 4.69) is 8.73 Å². The summed E-state index contributed by atoms with van der Waals surface area (Å²) in [6.07, 6.45) is 0. The van der Waals surface area contributed by atoms with Crippen LogP contribution in [0.25, 0.3) is 0 Å². The fraction of sp³-hybridized carbons (Fsp3) is 0.273. The summed E-state index contributed by atoms with van der Waals surface area (Å²) in [5.41, 5.74) is 0.790. The highest BCUT2D eigenvalue weighted by Gasteiger charge is 2.33. The molecule has 0 radical (unpaired) electrons. The molecule has 116 valence electrons. The van der Waals surface area contributed by atoms with Crippen LogP contribution in [-0.4, -0.2) is 36.3 Å². The maximum atomic E-state index is 10.8. The summed E-state index contributed by atoms with van der Waals surface area (Å²) < 4.78 is 41.9. The molecule has 1 unspecified atom stereocenters. The molecule has 0 bridgehead atoms. The molecule has 10 heteroatoms. The first kappa shape index (κ1) is 16.7. The molecule has 7 nitrogen and oxygen atoms in total. The van der Waals surface area contributed by atoms with Gasteiger partial charge < -0.3 is 4.74 Å². The van der Waals surface area contributed by atoms with Gasteiger partial charge >= 0.3 is 0 Å². The topological polar surface area (TPSA) is 103 Å². The molecule has 1 aromatic carbocycles. The highest BCUT2D eigenvalue weighted by molar-refractivity contribution is 8.87. The second-order valence-electron chi connectivity index (χ2n) is 4.08. The first-order chi connectivity index (χ1) is 9.80. The van der Waals surface area contributed by atoms with Crippen molar-refractivity contribution in [2.45, 2.75) is 0 Å². The van der Waals surface area contributed by atoms with E-state index < -0.39 is 20.0 Å². The van der Waals surface area contributed by atoms with Gasteiger partial charge in [0.15, 0.2) is 8.85 Å². The normalized spacial score (nSPS) is 19.1. The van der Waals surface area contributed by atoms with Crippen LogP contribution in [-0.2, 0) is 3.74 Å². The van der Waals surface area contributed by atoms with Crippen LogP contribution in [0.1, 0.15) is 5.56 Å². The molecule has 0 aliphatic carbocycles. The van der Waals surface area contributed by atoms with Crippen molar-refractivity contribution in [3.8, 4) is 5.75 Å². The van der Waals surface area contributed by atoms with Gasteiger partial charge in [-0.1, -0.05) is 0 Å². The van der Waals surface area contributed by atoms with E-state index in [4.69, 9.17) is 4.74 Å². The van der Waals surface area contributed by atoms with E-state index in [9.17, 15) is 14.0 Å². The molecular formula is C11H13ClN2O5S2. The molecule has 1 aliphatic rings. The number of nitrogens with zero attached hydrogens (tertiary/aromatic N) is 2. The number of hydrogen-bond acceptors (Lipinski definition) is 8. The lowest BCUT2D eigenvalue weighted by molar-refractivity contribution is -1.91. The van der Waals surface area contributed by atoms with Gasteiger partial charge in [0.05, 0.1) is 17.4 Å². The van der Waals surface area contributed by atoms with Gasteiger partial charge in [0.2, 0.25) is 9.80 Å². The van der Waals surface area contributed by atoms with Gasteiger partial charge in [-0.15, -0.1) is 0 Å². The highest BCUT2D eigenvalue weighted by atomic mass is 35.7. The van der Waals surface area contributed by atoms with Crippen molar-refractivity contribution in [2.24, 2.45) is 4.99 Å². The first-order valence-electron chi connectivity index (χ1n) is 5.61. The van der Waals surface area contributed by atoms with Crippen molar-refractivity contribution in [3.05, 3.63) is 29.8 Å². The van der Waals surface area contributed by atoms with Crippen LogP contribution in [0, 0.1) is 10.2 Å². The Kier molecular flexibility index (Phi) is 5.28. The smallest absolute Gasteiger partial charge is 0.211 e. The van der Waals surface area contributed by atoms with Gasteiger partial charge in [-0.3, -0.25) is 4.90 Å². The van der Waals surface area contributed by atoms with E-state index in [0.717, 1.165) is 16.4 Å².